The first kappa shape index (κ1) is 8.15. The summed E-state index contributed by atoms with van der Waals surface area (Å²) in [5.74, 6) is 0. The molecule has 1 unspecified atom stereocenters. The Morgan fingerprint density at radius 1 is 1.62 bits per heavy atom. The molecule has 0 amide bonds. The monoisotopic (exact) mass is 178 g/mol. The second-order valence-electron chi connectivity index (χ2n) is 2.85. The van der Waals surface area contributed by atoms with Gasteiger partial charge in [0.2, 0.25) is 0 Å². The Labute approximate surface area is 74.8 Å². The number of nitrogens with zero attached hydrogens (tertiary/aromatic N) is 3. The molecule has 0 fully saturated rings. The third kappa shape index (κ3) is 1.39. The van der Waals surface area contributed by atoms with E-state index in [9.17, 15) is 0 Å². The molecule has 0 aromatic carbocycles. The predicted molar refractivity (Wildman–Crippen MR) is 47.0 cm³/mol. The Balaban J connectivity index is 2.48. The van der Waals surface area contributed by atoms with E-state index in [2.05, 4.69) is 10.2 Å². The molecule has 0 aliphatic rings. The average molecular weight is 178 g/mol. The van der Waals surface area contributed by atoms with Crippen molar-refractivity contribution in [1.82, 2.24) is 14.6 Å². The van der Waals surface area contributed by atoms with Crippen molar-refractivity contribution in [3.8, 4) is 0 Å². The molecule has 0 saturated carbocycles. The highest BCUT2D eigenvalue weighted by atomic mass is 16.3. The first-order valence-corrected chi connectivity index (χ1v) is 3.97. The van der Waals surface area contributed by atoms with Crippen LogP contribution in [0.5, 0.6) is 0 Å². The zero-order valence-electron chi connectivity index (χ0n) is 6.96. The summed E-state index contributed by atoms with van der Waals surface area (Å²) in [4.78, 5) is 0. The maximum atomic E-state index is 8.84. The summed E-state index contributed by atoms with van der Waals surface area (Å²) in [6, 6.07) is 3.31. The van der Waals surface area contributed by atoms with Crippen LogP contribution in [0.25, 0.3) is 5.65 Å². The van der Waals surface area contributed by atoms with Gasteiger partial charge < -0.3 is 10.8 Å². The van der Waals surface area contributed by atoms with E-state index < -0.39 is 0 Å². The lowest BCUT2D eigenvalue weighted by atomic mass is 10.1. The first-order valence-electron chi connectivity index (χ1n) is 3.97. The van der Waals surface area contributed by atoms with Crippen LogP contribution >= 0.6 is 0 Å². The van der Waals surface area contributed by atoms with Crippen molar-refractivity contribution in [3.63, 3.8) is 0 Å². The highest BCUT2D eigenvalue weighted by Crippen LogP contribution is 2.10. The van der Waals surface area contributed by atoms with Gasteiger partial charge in [0.05, 0.1) is 12.6 Å². The van der Waals surface area contributed by atoms with Gasteiger partial charge in [-0.15, -0.1) is 10.2 Å². The van der Waals surface area contributed by atoms with Crippen molar-refractivity contribution in [1.29, 1.82) is 0 Å². The second kappa shape index (κ2) is 3.12. The Morgan fingerprint density at radius 3 is 3.23 bits per heavy atom. The lowest BCUT2D eigenvalue weighted by Crippen LogP contribution is -2.14. The molecular weight excluding hydrogens is 168 g/mol. The van der Waals surface area contributed by atoms with Crippen LogP contribution in [0.2, 0.25) is 0 Å². The molecule has 5 heteroatoms. The summed E-state index contributed by atoms with van der Waals surface area (Å²) < 4.78 is 1.79. The van der Waals surface area contributed by atoms with Gasteiger partial charge >= 0.3 is 0 Å². The van der Waals surface area contributed by atoms with Gasteiger partial charge in [0, 0.05) is 6.20 Å². The number of nitrogens with two attached hydrogens (primary N) is 1. The smallest absolute Gasteiger partial charge is 0.160 e. The Kier molecular flexibility index (Phi) is 1.96. The molecule has 5 nitrogen and oxygen atoms in total. The lowest BCUT2D eigenvalue weighted by molar-refractivity contribution is 0.268. The van der Waals surface area contributed by atoms with E-state index in [1.54, 1.807) is 10.7 Å². The van der Waals surface area contributed by atoms with E-state index in [1.807, 2.05) is 18.3 Å². The standard InChI is InChI=1S/C8H10N4O/c9-7(4-13)6-1-2-12-5-10-11-8(12)3-6/h1-3,5,7,13H,4,9H2. The van der Waals surface area contributed by atoms with Gasteiger partial charge in [0.1, 0.15) is 6.33 Å². The van der Waals surface area contributed by atoms with Gasteiger partial charge in [0.15, 0.2) is 5.65 Å². The van der Waals surface area contributed by atoms with E-state index in [-0.39, 0.29) is 12.6 Å². The van der Waals surface area contributed by atoms with Crippen LogP contribution in [0, 0.1) is 0 Å². The second-order valence-corrected chi connectivity index (χ2v) is 2.85. The number of aromatic nitrogens is 3. The number of hydrogen-bond donors (Lipinski definition) is 2. The number of aliphatic hydroxyl groups excluding tert-OH is 1. The van der Waals surface area contributed by atoms with Crippen LogP contribution < -0.4 is 5.73 Å². The molecule has 2 heterocycles. The molecule has 3 N–H and O–H groups in total. The van der Waals surface area contributed by atoms with Crippen molar-refractivity contribution in [3.05, 3.63) is 30.2 Å². The number of fused-ring (bicyclic) bond motifs is 1. The highest BCUT2D eigenvalue weighted by molar-refractivity contribution is 5.40. The highest BCUT2D eigenvalue weighted by Gasteiger charge is 2.05. The van der Waals surface area contributed by atoms with Crippen molar-refractivity contribution in [2.45, 2.75) is 6.04 Å². The van der Waals surface area contributed by atoms with Crippen LogP contribution in [-0.4, -0.2) is 26.3 Å². The zero-order valence-corrected chi connectivity index (χ0v) is 6.96. The number of aliphatic hydroxyl groups is 1. The summed E-state index contributed by atoms with van der Waals surface area (Å²) >= 11 is 0. The minimum absolute atomic E-state index is 0.0652. The van der Waals surface area contributed by atoms with Crippen molar-refractivity contribution >= 4 is 5.65 Å². The summed E-state index contributed by atoms with van der Waals surface area (Å²) in [5, 5.41) is 16.5. The molecule has 0 aliphatic heterocycles. The molecule has 0 radical (unpaired) electrons. The molecule has 0 spiro atoms. The Morgan fingerprint density at radius 2 is 2.46 bits per heavy atom. The lowest BCUT2D eigenvalue weighted by Gasteiger charge is -2.07. The SMILES string of the molecule is NC(CO)c1ccn2cnnc2c1. The number of rotatable bonds is 2. The normalized spacial score (nSPS) is 13.4. The fraction of sp³-hybridized carbons (Fsp3) is 0.250. The van der Waals surface area contributed by atoms with Gasteiger partial charge in [-0.2, -0.15) is 0 Å². The molecule has 0 aliphatic carbocycles. The summed E-state index contributed by atoms with van der Waals surface area (Å²) in [7, 11) is 0. The molecule has 2 aromatic heterocycles. The van der Waals surface area contributed by atoms with E-state index in [0.717, 1.165) is 11.2 Å². The first-order chi connectivity index (χ1) is 6.31. The average Bonchev–Trinajstić information content (AvgIpc) is 2.63. The van der Waals surface area contributed by atoms with Gasteiger partial charge in [-0.05, 0) is 17.7 Å². The Hall–Kier alpha value is -1.46. The molecule has 0 bridgehead atoms. The van der Waals surface area contributed by atoms with E-state index in [4.69, 9.17) is 10.8 Å². The summed E-state index contributed by atoms with van der Waals surface area (Å²) in [6.07, 6.45) is 3.43. The van der Waals surface area contributed by atoms with Gasteiger partial charge in [-0.25, -0.2) is 0 Å². The largest absolute Gasteiger partial charge is 0.394 e. The van der Waals surface area contributed by atoms with Crippen LogP contribution in [0.3, 0.4) is 0 Å². The van der Waals surface area contributed by atoms with Gasteiger partial charge in [-0.3, -0.25) is 4.40 Å². The van der Waals surface area contributed by atoms with E-state index in [1.165, 1.54) is 0 Å². The summed E-state index contributed by atoms with van der Waals surface area (Å²) in [6.45, 7) is -0.0652. The van der Waals surface area contributed by atoms with Crippen molar-refractivity contribution < 1.29 is 5.11 Å². The molecule has 2 rings (SSSR count). The van der Waals surface area contributed by atoms with Gasteiger partial charge in [-0.1, -0.05) is 0 Å². The topological polar surface area (TPSA) is 76.4 Å². The number of pyridine rings is 1. The van der Waals surface area contributed by atoms with Crippen LogP contribution in [-0.2, 0) is 0 Å². The molecule has 1 atom stereocenters. The van der Waals surface area contributed by atoms with Crippen LogP contribution in [0.15, 0.2) is 24.7 Å². The van der Waals surface area contributed by atoms with E-state index in [0.29, 0.717) is 0 Å². The number of hydrogen-bond acceptors (Lipinski definition) is 4. The molecule has 0 saturated heterocycles. The minimum atomic E-state index is -0.346. The minimum Gasteiger partial charge on any atom is -0.394 e. The van der Waals surface area contributed by atoms with Crippen molar-refractivity contribution in [2.24, 2.45) is 5.73 Å². The van der Waals surface area contributed by atoms with Crippen LogP contribution in [0.4, 0.5) is 0 Å². The van der Waals surface area contributed by atoms with Crippen molar-refractivity contribution in [2.75, 3.05) is 6.61 Å². The maximum Gasteiger partial charge on any atom is 0.160 e. The quantitative estimate of drug-likeness (QED) is 0.663. The third-order valence-electron chi connectivity index (χ3n) is 1.95. The van der Waals surface area contributed by atoms with Gasteiger partial charge in [0.25, 0.3) is 0 Å². The fourth-order valence-corrected chi connectivity index (χ4v) is 1.17. The third-order valence-corrected chi connectivity index (χ3v) is 1.95. The molecule has 68 valence electrons. The maximum absolute atomic E-state index is 8.84. The molecule has 13 heavy (non-hydrogen) atoms. The zero-order chi connectivity index (χ0) is 9.26. The Bertz CT molecular complexity index is 411. The summed E-state index contributed by atoms with van der Waals surface area (Å²) in [5.41, 5.74) is 7.25. The predicted octanol–water partition coefficient (Wildman–Crippen LogP) is -0.279. The molecule has 2 aromatic rings. The molecular formula is C8H10N4O. The van der Waals surface area contributed by atoms with Crippen LogP contribution in [0.1, 0.15) is 11.6 Å². The fourth-order valence-electron chi connectivity index (χ4n) is 1.17. The van der Waals surface area contributed by atoms with E-state index >= 15 is 0 Å².